The molecule has 194 valence electrons. The fourth-order valence-corrected chi connectivity index (χ4v) is 4.50. The van der Waals surface area contributed by atoms with E-state index in [2.05, 4.69) is 15.3 Å². The molecule has 1 aliphatic rings. The lowest BCUT2D eigenvalue weighted by molar-refractivity contribution is 0.0195. The quantitative estimate of drug-likeness (QED) is 0.426. The number of nitrogens with zero attached hydrogens (tertiary/aromatic N) is 3. The smallest absolute Gasteiger partial charge is 0.409 e. The van der Waals surface area contributed by atoms with E-state index in [0.29, 0.717) is 53.5 Å². The van der Waals surface area contributed by atoms with Crippen LogP contribution in [0.25, 0.3) is 11.3 Å². The monoisotopic (exact) mass is 527 g/mol. The maximum atomic E-state index is 15.1. The van der Waals surface area contributed by atoms with Crippen LogP contribution < -0.4 is 11.1 Å². The topological polar surface area (TPSA) is 131 Å². The first-order valence-corrected chi connectivity index (χ1v) is 12.0. The zero-order chi connectivity index (χ0) is 26.7. The zero-order valence-electron chi connectivity index (χ0n) is 20.4. The van der Waals surface area contributed by atoms with Crippen LogP contribution in [0, 0.1) is 5.82 Å². The van der Waals surface area contributed by atoms with Crippen LogP contribution in [-0.2, 0) is 10.5 Å². The first kappa shape index (κ1) is 26.3. The predicted molar refractivity (Wildman–Crippen MR) is 136 cm³/mol. The number of piperidine rings is 1. The summed E-state index contributed by atoms with van der Waals surface area (Å²) in [5, 5.41) is 13.6. The Kier molecular flexibility index (Phi) is 7.60. The van der Waals surface area contributed by atoms with Crippen molar-refractivity contribution in [2.45, 2.75) is 31.4 Å². The third-order valence-electron chi connectivity index (χ3n) is 6.40. The molecule has 2 aromatic carbocycles. The van der Waals surface area contributed by atoms with Crippen molar-refractivity contribution in [2.24, 2.45) is 0 Å². The van der Waals surface area contributed by atoms with Gasteiger partial charge < -0.3 is 25.8 Å². The van der Waals surface area contributed by atoms with Crippen molar-refractivity contribution in [2.75, 3.05) is 25.9 Å². The van der Waals surface area contributed by atoms with Crippen LogP contribution in [0.5, 0.6) is 0 Å². The van der Waals surface area contributed by atoms with Crippen molar-refractivity contribution in [3.05, 3.63) is 76.3 Å². The molecule has 0 spiro atoms. The first-order chi connectivity index (χ1) is 17.6. The molecular weight excluding hydrogens is 501 g/mol. The van der Waals surface area contributed by atoms with E-state index in [1.807, 2.05) is 0 Å². The standard InChI is InChI=1S/C26H27ClFN5O4/c1-26(36,17-4-3-5-18(27)13-17)32-24(34)19-7-6-16(12-20(19)28)22-23(29)30-14-21(31-22)15-8-10-33(11-9-15)25(35)37-2/h3-7,12-15,36H,8-11H2,1-2H3,(H2,29,30)(H,32,34)/t26-/m0/s1. The summed E-state index contributed by atoms with van der Waals surface area (Å²) in [6.45, 7) is 2.42. The number of carbonyl (C=O) groups is 2. The lowest BCUT2D eigenvalue weighted by Crippen LogP contribution is -2.43. The van der Waals surface area contributed by atoms with Crippen LogP contribution in [0.15, 0.2) is 48.7 Å². The highest BCUT2D eigenvalue weighted by atomic mass is 35.5. The SMILES string of the molecule is COC(=O)N1CCC(c2cnc(N)c(-c3ccc(C(=O)N[C@@](C)(O)c4cccc(Cl)c4)c(F)c3)n2)CC1. The zero-order valence-corrected chi connectivity index (χ0v) is 21.1. The summed E-state index contributed by atoms with van der Waals surface area (Å²) < 4.78 is 19.8. The molecule has 11 heteroatoms. The Morgan fingerprint density at radius 3 is 2.62 bits per heavy atom. The second-order valence-electron chi connectivity index (χ2n) is 8.99. The number of aromatic nitrogens is 2. The maximum absolute atomic E-state index is 15.1. The number of benzene rings is 2. The van der Waals surface area contributed by atoms with Gasteiger partial charge in [0.05, 0.1) is 24.6 Å². The van der Waals surface area contributed by atoms with Crippen LogP contribution in [0.3, 0.4) is 0 Å². The Hall–Kier alpha value is -3.76. The molecule has 4 rings (SSSR count). The summed E-state index contributed by atoms with van der Waals surface area (Å²) >= 11 is 5.98. The van der Waals surface area contributed by atoms with Crippen LogP contribution in [0.2, 0.25) is 5.02 Å². The highest BCUT2D eigenvalue weighted by Crippen LogP contribution is 2.31. The number of nitrogens with one attached hydrogen (secondary N) is 1. The van der Waals surface area contributed by atoms with Crippen molar-refractivity contribution in [1.29, 1.82) is 0 Å². The second-order valence-corrected chi connectivity index (χ2v) is 9.43. The van der Waals surface area contributed by atoms with Gasteiger partial charge in [0.25, 0.3) is 5.91 Å². The Bertz CT molecular complexity index is 1330. The molecule has 1 aliphatic heterocycles. The third-order valence-corrected chi connectivity index (χ3v) is 6.63. The largest absolute Gasteiger partial charge is 0.453 e. The molecule has 2 amide bonds. The van der Waals surface area contributed by atoms with Gasteiger partial charge in [-0.25, -0.2) is 19.2 Å². The number of halogens is 2. The van der Waals surface area contributed by atoms with Gasteiger partial charge in [0.1, 0.15) is 17.3 Å². The van der Waals surface area contributed by atoms with Gasteiger partial charge in [-0.3, -0.25) is 4.79 Å². The highest BCUT2D eigenvalue weighted by Gasteiger charge is 2.28. The van der Waals surface area contributed by atoms with Gasteiger partial charge in [0.15, 0.2) is 5.72 Å². The van der Waals surface area contributed by atoms with Crippen LogP contribution in [-0.4, -0.2) is 52.2 Å². The molecule has 0 saturated carbocycles. The molecule has 1 fully saturated rings. The van der Waals surface area contributed by atoms with E-state index in [0.717, 1.165) is 6.07 Å². The van der Waals surface area contributed by atoms with E-state index >= 15 is 4.39 Å². The Morgan fingerprint density at radius 1 is 1.24 bits per heavy atom. The number of anilines is 1. The molecule has 3 aromatic rings. The van der Waals surface area contributed by atoms with E-state index in [9.17, 15) is 14.7 Å². The van der Waals surface area contributed by atoms with E-state index in [1.165, 1.54) is 32.2 Å². The van der Waals surface area contributed by atoms with E-state index in [1.54, 1.807) is 29.3 Å². The average Bonchev–Trinajstić information content (AvgIpc) is 2.88. The minimum Gasteiger partial charge on any atom is -0.453 e. The Balaban J connectivity index is 1.52. The predicted octanol–water partition coefficient (Wildman–Crippen LogP) is 4.06. The molecule has 1 atom stereocenters. The molecule has 1 aromatic heterocycles. The number of nitrogens with two attached hydrogens (primary N) is 1. The van der Waals surface area contributed by atoms with E-state index < -0.39 is 17.4 Å². The van der Waals surface area contributed by atoms with Gasteiger partial charge >= 0.3 is 6.09 Å². The number of rotatable bonds is 5. The van der Waals surface area contributed by atoms with Gasteiger partial charge in [-0.15, -0.1) is 0 Å². The normalized spacial score (nSPS) is 15.6. The minimum absolute atomic E-state index is 0.0522. The minimum atomic E-state index is -1.78. The van der Waals surface area contributed by atoms with Crippen molar-refractivity contribution >= 4 is 29.4 Å². The number of hydrogen-bond donors (Lipinski definition) is 3. The van der Waals surface area contributed by atoms with Crippen LogP contribution in [0.4, 0.5) is 15.0 Å². The summed E-state index contributed by atoms with van der Waals surface area (Å²) in [4.78, 5) is 35.0. The van der Waals surface area contributed by atoms with Crippen molar-refractivity contribution < 1.29 is 23.8 Å². The molecular formula is C26H27ClFN5O4. The molecule has 37 heavy (non-hydrogen) atoms. The van der Waals surface area contributed by atoms with Gasteiger partial charge in [0, 0.05) is 35.2 Å². The maximum Gasteiger partial charge on any atom is 0.409 e. The Morgan fingerprint density at radius 2 is 1.97 bits per heavy atom. The summed E-state index contributed by atoms with van der Waals surface area (Å²) in [6, 6.07) is 10.4. The average molecular weight is 528 g/mol. The van der Waals surface area contributed by atoms with Gasteiger partial charge in [0.2, 0.25) is 0 Å². The summed E-state index contributed by atoms with van der Waals surface area (Å²) in [5.74, 6) is -1.44. The summed E-state index contributed by atoms with van der Waals surface area (Å²) in [5.41, 5.74) is 5.70. The fraction of sp³-hybridized carbons (Fsp3) is 0.308. The number of likely N-dealkylation sites (tertiary alicyclic amines) is 1. The molecule has 0 bridgehead atoms. The fourth-order valence-electron chi connectivity index (χ4n) is 4.31. The Labute approximate surface area is 218 Å². The number of hydrogen-bond acceptors (Lipinski definition) is 7. The van der Waals surface area contributed by atoms with Crippen molar-refractivity contribution in [1.82, 2.24) is 20.2 Å². The van der Waals surface area contributed by atoms with E-state index in [4.69, 9.17) is 22.1 Å². The summed E-state index contributed by atoms with van der Waals surface area (Å²) in [6.07, 6.45) is 2.57. The molecule has 1 saturated heterocycles. The number of nitrogen functional groups attached to an aromatic ring is 1. The third kappa shape index (κ3) is 5.81. The molecule has 0 aliphatic carbocycles. The van der Waals surface area contributed by atoms with Gasteiger partial charge in [-0.2, -0.15) is 0 Å². The number of aliphatic hydroxyl groups is 1. The van der Waals surface area contributed by atoms with Crippen LogP contribution >= 0.6 is 11.6 Å². The van der Waals surface area contributed by atoms with Gasteiger partial charge in [-0.05, 0) is 44.0 Å². The first-order valence-electron chi connectivity index (χ1n) is 11.6. The number of carbonyl (C=O) groups excluding carboxylic acids is 2. The highest BCUT2D eigenvalue weighted by molar-refractivity contribution is 6.30. The van der Waals surface area contributed by atoms with Crippen molar-refractivity contribution in [3.8, 4) is 11.3 Å². The van der Waals surface area contributed by atoms with Crippen LogP contribution in [0.1, 0.15) is 47.3 Å². The molecule has 9 nitrogen and oxygen atoms in total. The number of amides is 2. The molecule has 0 radical (unpaired) electrons. The van der Waals surface area contributed by atoms with Crippen molar-refractivity contribution in [3.63, 3.8) is 0 Å². The lowest BCUT2D eigenvalue weighted by Gasteiger charge is -2.30. The molecule has 4 N–H and O–H groups in total. The molecule has 0 unspecified atom stereocenters. The number of methoxy groups -OCH3 is 1. The van der Waals surface area contributed by atoms with Gasteiger partial charge in [-0.1, -0.05) is 29.8 Å². The lowest BCUT2D eigenvalue weighted by atomic mass is 9.93. The second kappa shape index (κ2) is 10.7. The summed E-state index contributed by atoms with van der Waals surface area (Å²) in [7, 11) is 1.35. The number of ether oxygens (including phenoxy) is 1. The van der Waals surface area contributed by atoms with E-state index in [-0.39, 0.29) is 23.4 Å². The molecule has 2 heterocycles.